The summed E-state index contributed by atoms with van der Waals surface area (Å²) in [5, 5.41) is 19.9. The van der Waals surface area contributed by atoms with Gasteiger partial charge in [0, 0.05) is 0 Å². The Morgan fingerprint density at radius 2 is 1.94 bits per heavy atom. The number of aromatic hydroxyl groups is 1. The van der Waals surface area contributed by atoms with E-state index in [2.05, 4.69) is 5.23 Å². The highest BCUT2D eigenvalue weighted by atomic mass is 16.4. The highest BCUT2D eigenvalue weighted by molar-refractivity contribution is 6.69. The van der Waals surface area contributed by atoms with Gasteiger partial charge in [0.2, 0.25) is 5.91 Å². The normalized spacial score (nSPS) is 12.0. The van der Waals surface area contributed by atoms with Crippen LogP contribution in [0.25, 0.3) is 0 Å². The fourth-order valence-electron chi connectivity index (χ4n) is 1.28. The van der Waals surface area contributed by atoms with E-state index in [4.69, 9.17) is 15.9 Å². The summed E-state index contributed by atoms with van der Waals surface area (Å²) in [5.74, 6) is -1.70. The molecule has 0 aliphatic heterocycles. The number of carboxylic acid groups (broad SMARTS) is 1. The average molecular weight is 235 g/mol. The number of rotatable bonds is 6. The first-order valence-electron chi connectivity index (χ1n) is 4.88. The standard InChI is InChI=1S/C10H12BN2O4/c12-9(15)8(13-11-10(16)17)5-6-1-3-7(14)4-2-6/h1-4,8,13-14H,5H2,(H2,12,15)(H,16,17)/q-1/t8-/m0/s1. The van der Waals surface area contributed by atoms with E-state index in [0.29, 0.717) is 0 Å². The van der Waals surface area contributed by atoms with Crippen molar-refractivity contribution in [2.75, 3.05) is 0 Å². The van der Waals surface area contributed by atoms with Crippen molar-refractivity contribution in [1.82, 2.24) is 5.23 Å². The number of nitrogens with two attached hydrogens (primary N) is 1. The molecular weight excluding hydrogens is 223 g/mol. The van der Waals surface area contributed by atoms with Crippen LogP contribution in [0.4, 0.5) is 4.79 Å². The van der Waals surface area contributed by atoms with Crippen molar-refractivity contribution in [2.45, 2.75) is 12.5 Å². The minimum atomic E-state index is -1.18. The zero-order chi connectivity index (χ0) is 12.8. The van der Waals surface area contributed by atoms with Crippen molar-refractivity contribution in [3.63, 3.8) is 0 Å². The molecule has 0 bridgehead atoms. The Hall–Kier alpha value is -2.02. The van der Waals surface area contributed by atoms with E-state index in [0.717, 1.165) is 13.0 Å². The number of hydrogen-bond donors (Lipinski definition) is 4. The van der Waals surface area contributed by atoms with Gasteiger partial charge in [0.15, 0.2) is 0 Å². The Labute approximate surface area is 98.7 Å². The van der Waals surface area contributed by atoms with Gasteiger partial charge in [0.1, 0.15) is 5.75 Å². The van der Waals surface area contributed by atoms with E-state index in [1.807, 2.05) is 0 Å². The second-order valence-electron chi connectivity index (χ2n) is 3.47. The van der Waals surface area contributed by atoms with Gasteiger partial charge in [-0.1, -0.05) is 12.1 Å². The van der Waals surface area contributed by atoms with Crippen LogP contribution in [0.15, 0.2) is 24.3 Å². The number of benzene rings is 1. The molecule has 0 saturated carbocycles. The topological polar surface area (TPSA) is 113 Å². The Balaban J connectivity index is 2.63. The lowest BCUT2D eigenvalue weighted by Crippen LogP contribution is -2.46. The summed E-state index contributed by atoms with van der Waals surface area (Å²) in [5.41, 5.74) is 5.90. The minimum Gasteiger partial charge on any atom is -0.532 e. The second kappa shape index (κ2) is 5.90. The lowest BCUT2D eigenvalue weighted by Gasteiger charge is -2.22. The van der Waals surface area contributed by atoms with Crippen LogP contribution in [0, 0.1) is 0 Å². The fraction of sp³-hybridized carbons (Fsp3) is 0.200. The van der Waals surface area contributed by atoms with Crippen LogP contribution in [0.1, 0.15) is 5.56 Å². The van der Waals surface area contributed by atoms with Gasteiger partial charge >= 0.3 is 0 Å². The zero-order valence-electron chi connectivity index (χ0n) is 8.96. The first kappa shape index (κ1) is 13.1. The summed E-state index contributed by atoms with van der Waals surface area (Å²) < 4.78 is 0. The molecule has 1 atom stereocenters. The molecule has 1 aromatic rings. The number of phenolic OH excluding ortho intramolecular Hbond substituents is 1. The summed E-state index contributed by atoms with van der Waals surface area (Å²) in [4.78, 5) is 21.4. The highest BCUT2D eigenvalue weighted by Gasteiger charge is 2.11. The van der Waals surface area contributed by atoms with Crippen LogP contribution in [0.2, 0.25) is 0 Å². The van der Waals surface area contributed by atoms with Gasteiger partial charge in [-0.05, 0) is 24.1 Å². The van der Waals surface area contributed by atoms with E-state index in [9.17, 15) is 9.59 Å². The third-order valence-electron chi connectivity index (χ3n) is 2.13. The van der Waals surface area contributed by atoms with E-state index >= 15 is 0 Å². The SMILES string of the molecule is NC(=O)[C@H](Cc1ccc(O)cc1)N[B-]C(=O)O. The van der Waals surface area contributed by atoms with Crippen LogP contribution in [0.3, 0.4) is 0 Å². The summed E-state index contributed by atoms with van der Waals surface area (Å²) in [6, 6.07) is 5.43. The second-order valence-corrected chi connectivity index (χ2v) is 3.47. The quantitative estimate of drug-likeness (QED) is 0.504. The molecule has 7 heteroatoms. The third kappa shape index (κ3) is 4.56. The number of hydrogen-bond acceptors (Lipinski definition) is 4. The molecule has 0 aromatic heterocycles. The Kier molecular flexibility index (Phi) is 4.53. The first-order valence-corrected chi connectivity index (χ1v) is 4.88. The number of carbonyl (C=O) groups excluding carboxylic acids is 1. The minimum absolute atomic E-state index is 0.120. The number of carbonyl (C=O) groups is 2. The Bertz CT molecular complexity index is 407. The summed E-state index contributed by atoms with van der Waals surface area (Å²) in [6.07, 6.45) is 0.249. The van der Waals surface area contributed by atoms with E-state index in [1.165, 1.54) is 12.1 Å². The molecule has 1 rings (SSSR count). The zero-order valence-corrected chi connectivity index (χ0v) is 8.96. The molecule has 0 spiro atoms. The molecule has 0 unspecified atom stereocenters. The maximum absolute atomic E-state index is 11.1. The van der Waals surface area contributed by atoms with Gasteiger partial charge in [0.25, 0.3) is 0 Å². The summed E-state index contributed by atoms with van der Waals surface area (Å²) >= 11 is 0. The molecule has 1 aromatic carbocycles. The number of nitrogens with one attached hydrogen (secondary N) is 1. The van der Waals surface area contributed by atoms with Crippen LogP contribution in [0.5, 0.6) is 5.75 Å². The van der Waals surface area contributed by atoms with Gasteiger partial charge in [-0.15, -0.1) is 7.41 Å². The fourth-order valence-corrected chi connectivity index (χ4v) is 1.28. The molecule has 1 amide bonds. The number of amides is 1. The van der Waals surface area contributed by atoms with Crippen LogP contribution < -0.4 is 11.0 Å². The molecule has 0 aliphatic carbocycles. The molecule has 2 radical (unpaired) electrons. The average Bonchev–Trinajstić information content (AvgIpc) is 2.26. The lowest BCUT2D eigenvalue weighted by atomic mass is 9.91. The molecular formula is C10H12BN2O4-. The van der Waals surface area contributed by atoms with Crippen molar-refractivity contribution >= 4 is 19.2 Å². The van der Waals surface area contributed by atoms with E-state index in [1.54, 1.807) is 12.1 Å². The monoisotopic (exact) mass is 235 g/mol. The van der Waals surface area contributed by atoms with E-state index < -0.39 is 17.8 Å². The molecule has 90 valence electrons. The van der Waals surface area contributed by atoms with Crippen molar-refractivity contribution in [3.8, 4) is 5.75 Å². The van der Waals surface area contributed by atoms with Gasteiger partial charge in [0.05, 0.1) is 11.9 Å². The third-order valence-corrected chi connectivity index (χ3v) is 2.13. The van der Waals surface area contributed by atoms with Crippen molar-refractivity contribution in [3.05, 3.63) is 29.8 Å². The summed E-state index contributed by atoms with van der Waals surface area (Å²) in [7, 11) is 0.774. The van der Waals surface area contributed by atoms with E-state index in [-0.39, 0.29) is 12.2 Å². The first-order chi connectivity index (χ1) is 7.99. The number of phenols is 1. The van der Waals surface area contributed by atoms with Gasteiger partial charge in [-0.2, -0.15) is 0 Å². The van der Waals surface area contributed by atoms with Gasteiger partial charge in [-0.25, -0.2) is 0 Å². The summed E-state index contributed by atoms with van der Waals surface area (Å²) in [6.45, 7) is 0. The molecule has 0 fully saturated rings. The predicted molar refractivity (Wildman–Crippen MR) is 61.7 cm³/mol. The predicted octanol–water partition coefficient (Wildman–Crippen LogP) is -0.325. The van der Waals surface area contributed by atoms with Crippen LogP contribution >= 0.6 is 0 Å². The molecule has 0 heterocycles. The molecule has 5 N–H and O–H groups in total. The maximum atomic E-state index is 11.1. The molecule has 17 heavy (non-hydrogen) atoms. The number of primary amides is 1. The van der Waals surface area contributed by atoms with Crippen molar-refractivity contribution < 1.29 is 19.8 Å². The van der Waals surface area contributed by atoms with Crippen molar-refractivity contribution in [2.24, 2.45) is 5.73 Å². The molecule has 0 aliphatic rings. The highest BCUT2D eigenvalue weighted by Crippen LogP contribution is 2.11. The largest absolute Gasteiger partial charge is 0.532 e. The lowest BCUT2D eigenvalue weighted by molar-refractivity contribution is -0.119. The van der Waals surface area contributed by atoms with Crippen molar-refractivity contribution in [1.29, 1.82) is 0 Å². The van der Waals surface area contributed by atoms with Gasteiger partial charge < -0.3 is 26.0 Å². The van der Waals surface area contributed by atoms with Gasteiger partial charge in [-0.3, -0.25) is 4.79 Å². The van der Waals surface area contributed by atoms with Crippen LogP contribution in [-0.2, 0) is 11.2 Å². The smallest absolute Gasteiger partial charge is 0.231 e. The molecule has 0 saturated heterocycles. The Morgan fingerprint density at radius 1 is 1.35 bits per heavy atom. The molecule has 6 nitrogen and oxygen atoms in total. The maximum Gasteiger partial charge on any atom is 0.231 e. The van der Waals surface area contributed by atoms with Crippen LogP contribution in [-0.4, -0.2) is 35.4 Å². The Morgan fingerprint density at radius 3 is 2.41 bits per heavy atom.